The van der Waals surface area contributed by atoms with E-state index in [2.05, 4.69) is 34.1 Å². The minimum absolute atomic E-state index is 0. The van der Waals surface area contributed by atoms with Gasteiger partial charge in [0.15, 0.2) is 0 Å². The van der Waals surface area contributed by atoms with Gasteiger partial charge in [-0.25, -0.2) is 0 Å². The minimum Gasteiger partial charge on any atom is -0.326 e. The normalized spacial score (nSPS) is 19.4. The summed E-state index contributed by atoms with van der Waals surface area (Å²) in [6, 6.07) is 8.18. The molecular formula is C18H25ClN4OS. The number of halogens is 1. The molecule has 0 radical (unpaired) electrons. The molecule has 1 amide bonds. The first-order valence-corrected chi connectivity index (χ1v) is 9.65. The fourth-order valence-electron chi connectivity index (χ4n) is 3.15. The highest BCUT2D eigenvalue weighted by Crippen LogP contribution is 2.28. The molecule has 7 heteroatoms. The maximum atomic E-state index is 12.7. The third-order valence-electron chi connectivity index (χ3n) is 4.52. The van der Waals surface area contributed by atoms with Gasteiger partial charge in [0.05, 0.1) is 12.1 Å². The first-order chi connectivity index (χ1) is 11.7. The topological polar surface area (TPSA) is 59.0 Å². The zero-order chi connectivity index (χ0) is 16.9. The Morgan fingerprint density at radius 1 is 1.36 bits per heavy atom. The summed E-state index contributed by atoms with van der Waals surface area (Å²) in [6.45, 7) is 1.52. The third-order valence-corrected chi connectivity index (χ3v) is 5.13. The van der Waals surface area contributed by atoms with Gasteiger partial charge in [0.2, 0.25) is 5.91 Å². The van der Waals surface area contributed by atoms with Crippen LogP contribution in [-0.4, -0.2) is 40.8 Å². The summed E-state index contributed by atoms with van der Waals surface area (Å²) in [5.41, 5.74) is 3.29. The molecule has 3 rings (SSSR count). The third kappa shape index (κ3) is 5.00. The lowest BCUT2D eigenvalue weighted by atomic mass is 9.90. The van der Waals surface area contributed by atoms with Gasteiger partial charge in [0, 0.05) is 37.9 Å². The summed E-state index contributed by atoms with van der Waals surface area (Å²) in [7, 11) is 1.90. The van der Waals surface area contributed by atoms with Crippen LogP contribution in [0.25, 0.3) is 0 Å². The molecule has 1 aliphatic heterocycles. The molecule has 2 N–H and O–H groups in total. The molecule has 2 aromatic rings. The van der Waals surface area contributed by atoms with Gasteiger partial charge in [-0.1, -0.05) is 12.1 Å². The number of carbonyl (C=O) groups excluding carboxylic acids is 1. The number of benzene rings is 1. The number of anilines is 1. The fraction of sp³-hybridized carbons (Fsp3) is 0.444. The summed E-state index contributed by atoms with van der Waals surface area (Å²) in [5.74, 6) is 1.31. The van der Waals surface area contributed by atoms with Gasteiger partial charge in [0.1, 0.15) is 0 Å². The highest BCUT2D eigenvalue weighted by atomic mass is 35.5. The number of nitrogens with one attached hydrogen (secondary N) is 2. The van der Waals surface area contributed by atoms with Crippen LogP contribution in [-0.2, 0) is 18.3 Å². The van der Waals surface area contributed by atoms with E-state index in [0.29, 0.717) is 6.54 Å². The molecular weight excluding hydrogens is 356 g/mol. The van der Waals surface area contributed by atoms with Crippen LogP contribution in [0.2, 0.25) is 0 Å². The van der Waals surface area contributed by atoms with Crippen molar-refractivity contribution in [2.75, 3.05) is 30.4 Å². The molecule has 136 valence electrons. The van der Waals surface area contributed by atoms with Gasteiger partial charge >= 0.3 is 0 Å². The number of hydrogen-bond donors (Lipinski definition) is 2. The Balaban J connectivity index is 0.00000225. The van der Waals surface area contributed by atoms with E-state index in [-0.39, 0.29) is 30.2 Å². The molecule has 0 spiro atoms. The zero-order valence-electron chi connectivity index (χ0n) is 14.6. The molecule has 1 fully saturated rings. The highest BCUT2D eigenvalue weighted by molar-refractivity contribution is 7.98. The molecule has 0 saturated carbocycles. The molecule has 25 heavy (non-hydrogen) atoms. The van der Waals surface area contributed by atoms with Gasteiger partial charge < -0.3 is 10.6 Å². The summed E-state index contributed by atoms with van der Waals surface area (Å²) in [6.07, 6.45) is 7.03. The van der Waals surface area contributed by atoms with Crippen molar-refractivity contribution in [3.8, 4) is 0 Å². The van der Waals surface area contributed by atoms with Crippen LogP contribution in [0.4, 0.5) is 5.69 Å². The number of aryl methyl sites for hydroxylation is 2. The van der Waals surface area contributed by atoms with Crippen LogP contribution in [0.15, 0.2) is 36.7 Å². The predicted molar refractivity (Wildman–Crippen MR) is 107 cm³/mol. The van der Waals surface area contributed by atoms with Crippen molar-refractivity contribution in [3.63, 3.8) is 0 Å². The number of thioether (sulfide) groups is 1. The second kappa shape index (κ2) is 9.27. The molecule has 1 aromatic heterocycles. The smallest absolute Gasteiger partial charge is 0.229 e. The van der Waals surface area contributed by atoms with E-state index in [1.165, 1.54) is 5.56 Å². The van der Waals surface area contributed by atoms with Gasteiger partial charge in [0.25, 0.3) is 0 Å². The predicted octanol–water partition coefficient (Wildman–Crippen LogP) is 2.69. The average molecular weight is 381 g/mol. The van der Waals surface area contributed by atoms with Gasteiger partial charge in [-0.05, 0) is 41.7 Å². The summed E-state index contributed by atoms with van der Waals surface area (Å²) in [5, 5.41) is 10.6. The fourth-order valence-corrected chi connectivity index (χ4v) is 3.59. The van der Waals surface area contributed by atoms with Crippen LogP contribution in [0.3, 0.4) is 0 Å². The molecule has 2 atom stereocenters. The van der Waals surface area contributed by atoms with Crippen molar-refractivity contribution in [3.05, 3.63) is 47.8 Å². The number of aromatic nitrogens is 2. The number of carbonyl (C=O) groups is 1. The highest BCUT2D eigenvalue weighted by Gasteiger charge is 2.34. The van der Waals surface area contributed by atoms with E-state index >= 15 is 0 Å². The van der Waals surface area contributed by atoms with E-state index in [9.17, 15) is 4.79 Å². The summed E-state index contributed by atoms with van der Waals surface area (Å²) in [4.78, 5) is 12.7. The first kappa shape index (κ1) is 19.8. The number of rotatable bonds is 6. The van der Waals surface area contributed by atoms with Crippen molar-refractivity contribution >= 4 is 35.8 Å². The van der Waals surface area contributed by atoms with Crippen molar-refractivity contribution in [2.45, 2.75) is 12.3 Å². The molecule has 1 saturated heterocycles. The molecule has 1 aromatic carbocycles. The maximum Gasteiger partial charge on any atom is 0.229 e. The standard InChI is InChI=1S/C18H24N4OS.ClH/c1-22-12-14(9-20-22)16-10-19-11-17(16)18(23)21-15-5-3-13(4-6-15)7-8-24-2;/h3-6,9,12,16-17,19H,7-8,10-11H2,1-2H3,(H,21,23);1H/t16-,17+;/m1./s1. The lowest BCUT2D eigenvalue weighted by Gasteiger charge is -2.17. The average Bonchev–Trinajstić information content (AvgIpc) is 3.22. The van der Waals surface area contributed by atoms with Gasteiger partial charge in [-0.2, -0.15) is 16.9 Å². The molecule has 0 bridgehead atoms. The van der Waals surface area contributed by atoms with Crippen LogP contribution in [0.5, 0.6) is 0 Å². The Bertz CT molecular complexity index is 689. The summed E-state index contributed by atoms with van der Waals surface area (Å²) < 4.78 is 1.79. The molecule has 5 nitrogen and oxygen atoms in total. The van der Waals surface area contributed by atoms with Crippen LogP contribution >= 0.6 is 24.2 Å². The van der Waals surface area contributed by atoms with Crippen molar-refractivity contribution in [2.24, 2.45) is 13.0 Å². The van der Waals surface area contributed by atoms with E-state index in [1.54, 1.807) is 4.68 Å². The van der Waals surface area contributed by atoms with Gasteiger partial charge in [-0.3, -0.25) is 9.48 Å². The Hall–Kier alpha value is -1.50. The van der Waals surface area contributed by atoms with Crippen molar-refractivity contribution in [1.29, 1.82) is 0 Å². The second-order valence-corrected chi connectivity index (χ2v) is 7.23. The molecule has 1 aliphatic rings. The van der Waals surface area contributed by atoms with Crippen LogP contribution in [0.1, 0.15) is 17.0 Å². The van der Waals surface area contributed by atoms with E-state index in [4.69, 9.17) is 0 Å². The Morgan fingerprint density at radius 3 is 2.76 bits per heavy atom. The largest absolute Gasteiger partial charge is 0.326 e. The van der Waals surface area contributed by atoms with Crippen molar-refractivity contribution in [1.82, 2.24) is 15.1 Å². The first-order valence-electron chi connectivity index (χ1n) is 8.25. The monoisotopic (exact) mass is 380 g/mol. The second-order valence-electron chi connectivity index (χ2n) is 6.25. The Morgan fingerprint density at radius 2 is 2.12 bits per heavy atom. The molecule has 0 aliphatic carbocycles. The quantitative estimate of drug-likeness (QED) is 0.808. The van der Waals surface area contributed by atoms with E-state index < -0.39 is 0 Å². The number of hydrogen-bond acceptors (Lipinski definition) is 4. The molecule has 2 heterocycles. The number of nitrogens with zero attached hydrogens (tertiary/aromatic N) is 2. The van der Waals surface area contributed by atoms with Crippen molar-refractivity contribution < 1.29 is 4.79 Å². The van der Waals surface area contributed by atoms with E-state index in [0.717, 1.165) is 30.0 Å². The van der Waals surface area contributed by atoms with Crippen LogP contribution in [0, 0.1) is 5.92 Å². The Kier molecular flexibility index (Phi) is 7.35. The van der Waals surface area contributed by atoms with Crippen LogP contribution < -0.4 is 10.6 Å². The number of amides is 1. The van der Waals surface area contributed by atoms with Gasteiger partial charge in [-0.15, -0.1) is 12.4 Å². The lowest BCUT2D eigenvalue weighted by Crippen LogP contribution is -2.28. The minimum atomic E-state index is -0.0645. The van der Waals surface area contributed by atoms with E-state index in [1.807, 2.05) is 43.3 Å². The maximum absolute atomic E-state index is 12.7. The zero-order valence-corrected chi connectivity index (χ0v) is 16.2. The SMILES string of the molecule is CSCCc1ccc(NC(=O)[C@H]2CNC[C@@H]2c2cnn(C)c2)cc1.Cl. The Labute approximate surface area is 159 Å². The lowest BCUT2D eigenvalue weighted by molar-refractivity contribution is -0.119. The molecule has 0 unspecified atom stereocenters. The summed E-state index contributed by atoms with van der Waals surface area (Å²) >= 11 is 1.84.